The molecule has 2 rings (SSSR count). The van der Waals surface area contributed by atoms with E-state index in [1.807, 2.05) is 29.6 Å². The number of thiophene rings is 1. The molecule has 0 spiro atoms. The SMILES string of the molecule is O=C(CCCSc1ccc(Cl)c(Cl)c1)c1cccs1. The summed E-state index contributed by atoms with van der Waals surface area (Å²) in [5.41, 5.74) is 0. The van der Waals surface area contributed by atoms with Gasteiger partial charge in [0.25, 0.3) is 0 Å². The van der Waals surface area contributed by atoms with Gasteiger partial charge in [-0.05, 0) is 41.8 Å². The minimum Gasteiger partial charge on any atom is -0.293 e. The van der Waals surface area contributed by atoms with Gasteiger partial charge in [0.05, 0.1) is 14.9 Å². The van der Waals surface area contributed by atoms with Crippen molar-refractivity contribution in [3.05, 3.63) is 50.6 Å². The van der Waals surface area contributed by atoms with Gasteiger partial charge < -0.3 is 0 Å². The van der Waals surface area contributed by atoms with E-state index in [1.165, 1.54) is 11.3 Å². The first-order valence-corrected chi connectivity index (χ1v) is 8.43. The highest BCUT2D eigenvalue weighted by molar-refractivity contribution is 7.99. The molecule has 0 N–H and O–H groups in total. The molecule has 0 saturated carbocycles. The van der Waals surface area contributed by atoms with Crippen LogP contribution >= 0.6 is 46.3 Å². The number of carbonyl (C=O) groups is 1. The smallest absolute Gasteiger partial charge is 0.172 e. The van der Waals surface area contributed by atoms with Gasteiger partial charge in [0.1, 0.15) is 0 Å². The summed E-state index contributed by atoms with van der Waals surface area (Å²) in [5, 5.41) is 3.07. The lowest BCUT2D eigenvalue weighted by Crippen LogP contribution is -1.96. The second kappa shape index (κ2) is 7.34. The van der Waals surface area contributed by atoms with Gasteiger partial charge in [-0.3, -0.25) is 4.79 Å². The summed E-state index contributed by atoms with van der Waals surface area (Å²) in [6.45, 7) is 0. The number of thioether (sulfide) groups is 1. The van der Waals surface area contributed by atoms with Crippen LogP contribution in [-0.4, -0.2) is 11.5 Å². The molecule has 0 aliphatic heterocycles. The minimum atomic E-state index is 0.227. The van der Waals surface area contributed by atoms with E-state index in [9.17, 15) is 4.79 Å². The van der Waals surface area contributed by atoms with Crippen molar-refractivity contribution in [2.75, 3.05) is 5.75 Å². The summed E-state index contributed by atoms with van der Waals surface area (Å²) in [6.07, 6.45) is 1.45. The monoisotopic (exact) mass is 330 g/mol. The Morgan fingerprint density at radius 3 is 2.74 bits per heavy atom. The molecular formula is C14H12Cl2OS2. The maximum Gasteiger partial charge on any atom is 0.172 e. The normalized spacial score (nSPS) is 10.6. The Morgan fingerprint density at radius 2 is 2.05 bits per heavy atom. The summed E-state index contributed by atoms with van der Waals surface area (Å²) in [7, 11) is 0. The van der Waals surface area contributed by atoms with Crippen molar-refractivity contribution in [2.45, 2.75) is 17.7 Å². The Labute approximate surface area is 130 Å². The molecule has 0 unspecified atom stereocenters. The maximum atomic E-state index is 11.8. The van der Waals surface area contributed by atoms with Crippen molar-refractivity contribution in [2.24, 2.45) is 0 Å². The molecule has 1 aromatic heterocycles. The fraction of sp³-hybridized carbons (Fsp3) is 0.214. The lowest BCUT2D eigenvalue weighted by Gasteiger charge is -2.03. The second-order valence-corrected chi connectivity index (χ2v) is 6.86. The average molecular weight is 331 g/mol. The first kappa shape index (κ1) is 14.9. The molecule has 5 heteroatoms. The molecule has 0 saturated heterocycles. The molecule has 19 heavy (non-hydrogen) atoms. The standard InChI is InChI=1S/C14H12Cl2OS2/c15-11-6-5-10(9-12(11)16)18-7-1-3-13(17)14-4-2-8-19-14/h2,4-6,8-9H,1,3,7H2. The van der Waals surface area contributed by atoms with E-state index in [0.29, 0.717) is 16.5 Å². The molecule has 0 aliphatic rings. The Balaban J connectivity index is 1.75. The van der Waals surface area contributed by atoms with Crippen molar-refractivity contribution in [1.82, 2.24) is 0 Å². The average Bonchev–Trinajstić information content (AvgIpc) is 2.92. The van der Waals surface area contributed by atoms with Crippen molar-refractivity contribution >= 4 is 52.1 Å². The van der Waals surface area contributed by atoms with Gasteiger partial charge in [-0.1, -0.05) is 29.3 Å². The number of carbonyl (C=O) groups excluding carboxylic acids is 1. The number of benzene rings is 1. The fourth-order valence-electron chi connectivity index (χ4n) is 1.55. The summed E-state index contributed by atoms with van der Waals surface area (Å²) in [6, 6.07) is 9.38. The molecule has 100 valence electrons. The zero-order valence-electron chi connectivity index (χ0n) is 10.1. The lowest BCUT2D eigenvalue weighted by atomic mass is 10.2. The van der Waals surface area contributed by atoms with Crippen LogP contribution in [0.1, 0.15) is 22.5 Å². The van der Waals surface area contributed by atoms with E-state index in [-0.39, 0.29) is 5.78 Å². The molecule has 1 heterocycles. The summed E-state index contributed by atoms with van der Waals surface area (Å²) in [5.74, 6) is 1.12. The molecular weight excluding hydrogens is 319 g/mol. The van der Waals surface area contributed by atoms with Crippen molar-refractivity contribution in [1.29, 1.82) is 0 Å². The van der Waals surface area contributed by atoms with Gasteiger partial charge in [-0.15, -0.1) is 23.1 Å². The summed E-state index contributed by atoms with van der Waals surface area (Å²) >= 11 is 15.0. The fourth-order valence-corrected chi connectivity index (χ4v) is 3.50. The van der Waals surface area contributed by atoms with Crippen LogP contribution in [0.4, 0.5) is 0 Å². The Bertz CT molecular complexity index is 553. The molecule has 0 radical (unpaired) electrons. The molecule has 2 aromatic rings. The molecule has 0 atom stereocenters. The minimum absolute atomic E-state index is 0.227. The van der Waals surface area contributed by atoms with Gasteiger partial charge in [0, 0.05) is 11.3 Å². The largest absolute Gasteiger partial charge is 0.293 e. The van der Waals surface area contributed by atoms with Crippen LogP contribution < -0.4 is 0 Å². The molecule has 1 aromatic carbocycles. The summed E-state index contributed by atoms with van der Waals surface area (Å²) < 4.78 is 0. The zero-order valence-corrected chi connectivity index (χ0v) is 13.2. The van der Waals surface area contributed by atoms with Crippen LogP contribution in [0, 0.1) is 0 Å². The number of halogens is 2. The van der Waals surface area contributed by atoms with Gasteiger partial charge in [-0.25, -0.2) is 0 Å². The van der Waals surface area contributed by atoms with E-state index in [2.05, 4.69) is 0 Å². The van der Waals surface area contributed by atoms with E-state index in [0.717, 1.165) is 21.9 Å². The van der Waals surface area contributed by atoms with Crippen molar-refractivity contribution < 1.29 is 4.79 Å². The van der Waals surface area contributed by atoms with E-state index in [1.54, 1.807) is 17.8 Å². The number of rotatable bonds is 6. The van der Waals surface area contributed by atoms with Crippen LogP contribution in [0.3, 0.4) is 0 Å². The van der Waals surface area contributed by atoms with Crippen LogP contribution in [0.2, 0.25) is 10.0 Å². The highest BCUT2D eigenvalue weighted by atomic mass is 35.5. The number of hydrogen-bond acceptors (Lipinski definition) is 3. The first-order chi connectivity index (χ1) is 9.16. The predicted molar refractivity (Wildman–Crippen MR) is 85.1 cm³/mol. The third kappa shape index (κ3) is 4.53. The molecule has 0 aliphatic carbocycles. The maximum absolute atomic E-state index is 11.8. The van der Waals surface area contributed by atoms with E-state index < -0.39 is 0 Å². The van der Waals surface area contributed by atoms with E-state index in [4.69, 9.17) is 23.2 Å². The first-order valence-electron chi connectivity index (χ1n) is 5.81. The van der Waals surface area contributed by atoms with E-state index >= 15 is 0 Å². The molecule has 0 amide bonds. The lowest BCUT2D eigenvalue weighted by molar-refractivity contribution is 0.0986. The highest BCUT2D eigenvalue weighted by Crippen LogP contribution is 2.28. The van der Waals surface area contributed by atoms with Crippen LogP contribution in [-0.2, 0) is 0 Å². The van der Waals surface area contributed by atoms with Gasteiger partial charge >= 0.3 is 0 Å². The van der Waals surface area contributed by atoms with Gasteiger partial charge in [-0.2, -0.15) is 0 Å². The van der Waals surface area contributed by atoms with Gasteiger partial charge in [0.2, 0.25) is 0 Å². The van der Waals surface area contributed by atoms with Crippen LogP contribution in [0.25, 0.3) is 0 Å². The zero-order chi connectivity index (χ0) is 13.7. The Hall–Kier alpha value is -0.480. The van der Waals surface area contributed by atoms with Crippen LogP contribution in [0.5, 0.6) is 0 Å². The van der Waals surface area contributed by atoms with Crippen LogP contribution in [0.15, 0.2) is 40.6 Å². The third-order valence-electron chi connectivity index (χ3n) is 2.50. The second-order valence-electron chi connectivity index (χ2n) is 3.93. The third-order valence-corrected chi connectivity index (χ3v) is 5.23. The Kier molecular flexibility index (Phi) is 5.76. The number of ketones is 1. The number of Topliss-reactive ketones (excluding diaryl/α,β-unsaturated/α-hetero) is 1. The van der Waals surface area contributed by atoms with Crippen molar-refractivity contribution in [3.8, 4) is 0 Å². The van der Waals surface area contributed by atoms with Crippen molar-refractivity contribution in [3.63, 3.8) is 0 Å². The topological polar surface area (TPSA) is 17.1 Å². The highest BCUT2D eigenvalue weighted by Gasteiger charge is 2.06. The quantitative estimate of drug-likeness (QED) is 0.377. The summed E-state index contributed by atoms with van der Waals surface area (Å²) in [4.78, 5) is 13.7. The Morgan fingerprint density at radius 1 is 1.21 bits per heavy atom. The molecule has 0 bridgehead atoms. The van der Waals surface area contributed by atoms with Gasteiger partial charge in [0.15, 0.2) is 5.78 Å². The predicted octanol–water partition coefficient (Wildman–Crippen LogP) is 5.81. The molecule has 0 fully saturated rings. The molecule has 1 nitrogen and oxygen atoms in total. The number of hydrogen-bond donors (Lipinski definition) is 0.